The molecule has 0 fully saturated rings. The van der Waals surface area contributed by atoms with E-state index in [-0.39, 0.29) is 25.7 Å². The molecule has 0 aromatic heterocycles. The molecule has 5 atom stereocenters. The first kappa shape index (κ1) is 92.5. The smallest absolute Gasteiger partial charge is 0.462 e. The van der Waals surface area contributed by atoms with Gasteiger partial charge in [0, 0.05) is 25.7 Å². The molecule has 2 unspecified atom stereocenters. The Morgan fingerprint density at radius 2 is 0.568 bits per heavy atom. The molecular weight excluding hydrogens is 1250 g/mol. The Kier molecular flexibility index (Phi) is 66.9. The SMILES string of the molecule is CCCCCC/C=C\C=C/CCCCCCCC(=O)OC[C@H](COP(=O)(O)OC[C@@H](O)COP(=O)(O)OC[C@@H](COC(=O)CCCCCCCCC)OC(=O)CCCCCCCCCCC(C)C)OC(=O)CCCCCCCCCCCCCCCCCCCCCCCC. The topological polar surface area (TPSA) is 237 Å². The average molecular weight is 1390 g/mol. The molecule has 0 aromatic carbocycles. The van der Waals surface area contributed by atoms with Gasteiger partial charge in [0.05, 0.1) is 26.4 Å². The van der Waals surface area contributed by atoms with Crippen molar-refractivity contribution in [1.82, 2.24) is 0 Å². The number of phosphoric acid groups is 2. The van der Waals surface area contributed by atoms with Gasteiger partial charge in [-0.2, -0.15) is 0 Å². The van der Waals surface area contributed by atoms with Crippen molar-refractivity contribution in [3.63, 3.8) is 0 Å². The highest BCUT2D eigenvalue weighted by atomic mass is 31.2. The van der Waals surface area contributed by atoms with E-state index in [2.05, 4.69) is 58.9 Å². The van der Waals surface area contributed by atoms with Gasteiger partial charge in [0.1, 0.15) is 19.3 Å². The number of phosphoric ester groups is 2. The fourth-order valence-corrected chi connectivity index (χ4v) is 12.7. The first-order valence-corrected chi connectivity index (χ1v) is 41.9. The second-order valence-corrected chi connectivity index (χ2v) is 30.1. The highest BCUT2D eigenvalue weighted by Crippen LogP contribution is 2.45. The molecule has 95 heavy (non-hydrogen) atoms. The van der Waals surface area contributed by atoms with Crippen LogP contribution in [0, 0.1) is 5.92 Å². The van der Waals surface area contributed by atoms with Crippen LogP contribution in [-0.2, 0) is 65.4 Å². The first-order chi connectivity index (χ1) is 46.0. The molecular formula is C76H144O17P2. The monoisotopic (exact) mass is 1390 g/mol. The van der Waals surface area contributed by atoms with E-state index >= 15 is 0 Å². The lowest BCUT2D eigenvalue weighted by Gasteiger charge is -2.21. The van der Waals surface area contributed by atoms with Gasteiger partial charge in [0.2, 0.25) is 0 Å². The largest absolute Gasteiger partial charge is 0.472 e. The van der Waals surface area contributed by atoms with Crippen LogP contribution in [0.1, 0.15) is 375 Å². The lowest BCUT2D eigenvalue weighted by atomic mass is 10.0. The number of carbonyl (C=O) groups excluding carboxylic acids is 4. The third-order valence-electron chi connectivity index (χ3n) is 17.2. The standard InChI is InChI=1S/C76H144O17P2/c1-6-9-12-15-18-20-22-24-26-27-28-29-30-31-32-34-36-38-40-46-51-56-61-75(80)92-72(66-87-74(79)60-55-50-45-39-37-35-33-25-23-21-19-16-13-10-7-2)68-91-95(84,85)89-64-70(77)63-88-94(82,83)90-67-71(65-86-73(78)59-54-49-43-17-14-11-8-3)93-76(81)62-57-52-47-42-41-44-48-53-58-69(4)5/h21,23,25,33,69-72,77H,6-20,22,24,26-32,34-68H2,1-5H3,(H,82,83)(H,84,85)/b23-21-,33-25-/t70-,71+,72+/m0/s1. The van der Waals surface area contributed by atoms with Gasteiger partial charge in [-0.15, -0.1) is 0 Å². The van der Waals surface area contributed by atoms with Gasteiger partial charge in [-0.3, -0.25) is 37.3 Å². The molecule has 3 N–H and O–H groups in total. The summed E-state index contributed by atoms with van der Waals surface area (Å²) in [6.45, 7) is 7.13. The lowest BCUT2D eigenvalue weighted by Crippen LogP contribution is -2.30. The maximum Gasteiger partial charge on any atom is 0.472 e. The van der Waals surface area contributed by atoms with Gasteiger partial charge in [0.15, 0.2) is 12.2 Å². The van der Waals surface area contributed by atoms with Gasteiger partial charge in [-0.1, -0.05) is 322 Å². The minimum absolute atomic E-state index is 0.102. The fraction of sp³-hybridized carbons (Fsp3) is 0.895. The molecule has 0 aliphatic carbocycles. The number of allylic oxidation sites excluding steroid dienone is 4. The molecule has 560 valence electrons. The number of carbonyl (C=O) groups is 4. The second-order valence-electron chi connectivity index (χ2n) is 27.2. The van der Waals surface area contributed by atoms with Crippen LogP contribution in [-0.4, -0.2) is 96.7 Å². The van der Waals surface area contributed by atoms with Crippen LogP contribution in [0.4, 0.5) is 0 Å². The van der Waals surface area contributed by atoms with Crippen LogP contribution >= 0.6 is 15.6 Å². The Hall–Kier alpha value is -2.46. The highest BCUT2D eigenvalue weighted by molar-refractivity contribution is 7.47. The summed E-state index contributed by atoms with van der Waals surface area (Å²) in [5.41, 5.74) is 0. The molecule has 0 bridgehead atoms. The third-order valence-corrected chi connectivity index (χ3v) is 19.1. The molecule has 0 aliphatic heterocycles. The zero-order valence-corrected chi connectivity index (χ0v) is 63.1. The number of aliphatic hydroxyl groups is 1. The van der Waals surface area contributed by atoms with E-state index in [1.807, 2.05) is 0 Å². The van der Waals surface area contributed by atoms with E-state index in [0.29, 0.717) is 25.7 Å². The Morgan fingerprint density at radius 1 is 0.326 bits per heavy atom. The Balaban J connectivity index is 5.18. The molecule has 0 aliphatic rings. The highest BCUT2D eigenvalue weighted by Gasteiger charge is 2.30. The van der Waals surface area contributed by atoms with E-state index in [1.165, 1.54) is 167 Å². The number of hydrogen-bond donors (Lipinski definition) is 3. The van der Waals surface area contributed by atoms with Crippen LogP contribution in [0.25, 0.3) is 0 Å². The fourth-order valence-electron chi connectivity index (χ4n) is 11.2. The molecule has 0 aromatic rings. The number of esters is 4. The number of hydrogen-bond acceptors (Lipinski definition) is 15. The molecule has 0 heterocycles. The van der Waals surface area contributed by atoms with E-state index in [0.717, 1.165) is 128 Å². The van der Waals surface area contributed by atoms with Crippen LogP contribution < -0.4 is 0 Å². The van der Waals surface area contributed by atoms with Gasteiger partial charge in [-0.25, -0.2) is 9.13 Å². The second kappa shape index (κ2) is 68.7. The zero-order valence-electron chi connectivity index (χ0n) is 61.3. The maximum atomic E-state index is 13.1. The third kappa shape index (κ3) is 69.8. The molecule has 0 radical (unpaired) electrons. The predicted octanol–water partition coefficient (Wildman–Crippen LogP) is 22.0. The van der Waals surface area contributed by atoms with E-state index < -0.39 is 97.5 Å². The van der Waals surface area contributed by atoms with Gasteiger partial charge in [0.25, 0.3) is 0 Å². The number of aliphatic hydroxyl groups excluding tert-OH is 1. The molecule has 17 nitrogen and oxygen atoms in total. The van der Waals surface area contributed by atoms with Crippen LogP contribution in [0.3, 0.4) is 0 Å². The van der Waals surface area contributed by atoms with Crippen LogP contribution in [0.5, 0.6) is 0 Å². The quantitative estimate of drug-likeness (QED) is 0.0169. The van der Waals surface area contributed by atoms with Crippen molar-refractivity contribution < 1.29 is 80.2 Å². The molecule has 0 amide bonds. The Bertz CT molecular complexity index is 1920. The van der Waals surface area contributed by atoms with Crippen molar-refractivity contribution in [2.45, 2.75) is 393 Å². The molecule has 0 saturated carbocycles. The number of ether oxygens (including phenoxy) is 4. The molecule has 0 rings (SSSR count). The molecule has 0 spiro atoms. The average Bonchev–Trinajstić information content (AvgIpc) is 1.78. The summed E-state index contributed by atoms with van der Waals surface area (Å²) in [6.07, 6.45) is 60.9. The summed E-state index contributed by atoms with van der Waals surface area (Å²) in [4.78, 5) is 72.6. The normalized spacial score (nSPS) is 14.1. The molecule has 0 saturated heterocycles. The summed E-state index contributed by atoms with van der Waals surface area (Å²) in [6, 6.07) is 0. The van der Waals surface area contributed by atoms with Crippen molar-refractivity contribution in [2.24, 2.45) is 5.92 Å². The Morgan fingerprint density at radius 3 is 0.863 bits per heavy atom. The maximum absolute atomic E-state index is 13.1. The first-order valence-electron chi connectivity index (χ1n) is 39.0. The number of rotatable bonds is 74. The van der Waals surface area contributed by atoms with E-state index in [1.54, 1.807) is 0 Å². The van der Waals surface area contributed by atoms with E-state index in [9.17, 15) is 43.2 Å². The summed E-state index contributed by atoms with van der Waals surface area (Å²) in [7, 11) is -9.91. The number of unbranched alkanes of at least 4 members (excludes halogenated alkanes) is 43. The van der Waals surface area contributed by atoms with Crippen molar-refractivity contribution in [3.8, 4) is 0 Å². The van der Waals surface area contributed by atoms with Gasteiger partial charge in [-0.05, 0) is 57.3 Å². The van der Waals surface area contributed by atoms with Crippen LogP contribution in [0.2, 0.25) is 0 Å². The van der Waals surface area contributed by atoms with Crippen LogP contribution in [0.15, 0.2) is 24.3 Å². The van der Waals surface area contributed by atoms with Crippen molar-refractivity contribution in [1.29, 1.82) is 0 Å². The van der Waals surface area contributed by atoms with Crippen molar-refractivity contribution in [2.75, 3.05) is 39.6 Å². The predicted molar refractivity (Wildman–Crippen MR) is 386 cm³/mol. The minimum atomic E-state index is -4.96. The lowest BCUT2D eigenvalue weighted by molar-refractivity contribution is -0.161. The zero-order chi connectivity index (χ0) is 69.8. The minimum Gasteiger partial charge on any atom is -0.462 e. The molecule has 19 heteroatoms. The summed E-state index contributed by atoms with van der Waals surface area (Å²) >= 11 is 0. The summed E-state index contributed by atoms with van der Waals surface area (Å²) in [5, 5.41) is 10.6. The van der Waals surface area contributed by atoms with Crippen molar-refractivity contribution >= 4 is 39.5 Å². The van der Waals surface area contributed by atoms with Gasteiger partial charge < -0.3 is 33.8 Å². The summed E-state index contributed by atoms with van der Waals surface area (Å²) in [5.74, 6) is -1.44. The summed E-state index contributed by atoms with van der Waals surface area (Å²) < 4.78 is 68.3. The van der Waals surface area contributed by atoms with E-state index in [4.69, 9.17) is 37.0 Å². The Labute approximate surface area is 580 Å². The van der Waals surface area contributed by atoms with Gasteiger partial charge >= 0.3 is 39.5 Å². The van der Waals surface area contributed by atoms with Crippen molar-refractivity contribution in [3.05, 3.63) is 24.3 Å².